The molecule has 0 aromatic rings. The number of likely N-dealkylation sites (tertiary alicyclic amines) is 1. The summed E-state index contributed by atoms with van der Waals surface area (Å²) in [6, 6.07) is 0.833. The standard InChI is InChI=1S/C18H32N2O2/c1-5-12-19-15-10-8-9-14(15)16-11-6-7-13-20(16)17(21)22-18(2,3)4/h5,14-16,19H,1,6-13H2,2-4H3. The summed E-state index contributed by atoms with van der Waals surface area (Å²) in [7, 11) is 0. The summed E-state index contributed by atoms with van der Waals surface area (Å²) in [5.74, 6) is 0.549. The third-order valence-electron chi connectivity index (χ3n) is 4.77. The second-order valence-electron chi connectivity index (χ2n) is 7.64. The number of amides is 1. The Morgan fingerprint density at radius 1 is 1.27 bits per heavy atom. The molecular formula is C18H32N2O2. The largest absolute Gasteiger partial charge is 0.444 e. The Labute approximate surface area is 135 Å². The Hall–Kier alpha value is -1.03. The van der Waals surface area contributed by atoms with Crippen LogP contribution in [-0.4, -0.2) is 41.8 Å². The van der Waals surface area contributed by atoms with E-state index in [2.05, 4.69) is 11.9 Å². The van der Waals surface area contributed by atoms with Crippen molar-refractivity contribution in [2.24, 2.45) is 5.92 Å². The number of ether oxygens (including phenoxy) is 1. The molecule has 22 heavy (non-hydrogen) atoms. The number of piperidine rings is 1. The van der Waals surface area contributed by atoms with Crippen molar-refractivity contribution < 1.29 is 9.53 Å². The number of carbonyl (C=O) groups is 1. The average Bonchev–Trinajstić information content (AvgIpc) is 2.91. The van der Waals surface area contributed by atoms with Gasteiger partial charge in [-0.3, -0.25) is 0 Å². The van der Waals surface area contributed by atoms with Crippen molar-refractivity contribution in [2.75, 3.05) is 13.1 Å². The highest BCUT2D eigenvalue weighted by molar-refractivity contribution is 5.68. The Bertz CT molecular complexity index is 389. The second-order valence-corrected chi connectivity index (χ2v) is 7.64. The van der Waals surface area contributed by atoms with Crippen molar-refractivity contribution in [2.45, 2.75) is 77.0 Å². The Morgan fingerprint density at radius 3 is 2.73 bits per heavy atom. The zero-order chi connectivity index (χ0) is 16.2. The van der Waals surface area contributed by atoms with Crippen molar-refractivity contribution in [1.82, 2.24) is 10.2 Å². The van der Waals surface area contributed by atoms with Crippen LogP contribution in [-0.2, 0) is 4.74 Å². The zero-order valence-electron chi connectivity index (χ0n) is 14.4. The molecule has 0 aromatic carbocycles. The molecule has 1 saturated carbocycles. The van der Waals surface area contributed by atoms with Crippen molar-refractivity contribution >= 4 is 6.09 Å². The zero-order valence-corrected chi connectivity index (χ0v) is 14.4. The molecule has 4 heteroatoms. The molecule has 0 radical (unpaired) electrons. The number of nitrogens with zero attached hydrogens (tertiary/aromatic N) is 1. The van der Waals surface area contributed by atoms with Gasteiger partial charge in [-0.25, -0.2) is 4.79 Å². The number of carbonyl (C=O) groups excluding carboxylic acids is 1. The summed E-state index contributed by atoms with van der Waals surface area (Å²) in [6.45, 7) is 11.3. The molecule has 0 aromatic heterocycles. The first-order valence-electron chi connectivity index (χ1n) is 8.76. The Morgan fingerprint density at radius 2 is 2.05 bits per heavy atom. The van der Waals surface area contributed by atoms with Gasteiger partial charge >= 0.3 is 6.09 Å². The highest BCUT2D eigenvalue weighted by Gasteiger charge is 2.40. The quantitative estimate of drug-likeness (QED) is 0.805. The third kappa shape index (κ3) is 4.48. The molecular weight excluding hydrogens is 276 g/mol. The topological polar surface area (TPSA) is 41.6 Å². The van der Waals surface area contributed by atoms with Gasteiger partial charge in [0.1, 0.15) is 5.60 Å². The molecule has 1 aliphatic carbocycles. The van der Waals surface area contributed by atoms with E-state index in [9.17, 15) is 4.79 Å². The lowest BCUT2D eigenvalue weighted by molar-refractivity contribution is 0.00000232. The molecule has 4 nitrogen and oxygen atoms in total. The lowest BCUT2D eigenvalue weighted by atomic mass is 9.87. The van der Waals surface area contributed by atoms with Gasteiger partial charge in [0.2, 0.25) is 0 Å². The first kappa shape index (κ1) is 17.3. The first-order valence-corrected chi connectivity index (χ1v) is 8.76. The Kier molecular flexibility index (Phi) is 5.90. The molecule has 1 heterocycles. The fourth-order valence-electron chi connectivity index (χ4n) is 3.89. The number of hydrogen-bond acceptors (Lipinski definition) is 3. The van der Waals surface area contributed by atoms with Gasteiger partial charge in [-0.1, -0.05) is 12.5 Å². The molecule has 126 valence electrons. The van der Waals surface area contributed by atoms with Gasteiger partial charge in [-0.05, 0) is 58.8 Å². The number of hydrogen-bond donors (Lipinski definition) is 1. The van der Waals surface area contributed by atoms with Crippen molar-refractivity contribution in [3.05, 3.63) is 12.7 Å². The minimum Gasteiger partial charge on any atom is -0.444 e. The van der Waals surface area contributed by atoms with Crippen LogP contribution < -0.4 is 5.32 Å². The van der Waals surface area contributed by atoms with Crippen molar-refractivity contribution in [1.29, 1.82) is 0 Å². The summed E-state index contributed by atoms with van der Waals surface area (Å²) >= 11 is 0. The van der Waals surface area contributed by atoms with Crippen LogP contribution in [0.1, 0.15) is 59.3 Å². The van der Waals surface area contributed by atoms with Gasteiger partial charge < -0.3 is 15.0 Å². The molecule has 2 rings (SSSR count). The molecule has 3 unspecified atom stereocenters. The average molecular weight is 308 g/mol. The fraction of sp³-hybridized carbons (Fsp3) is 0.833. The lowest BCUT2D eigenvalue weighted by Crippen LogP contribution is -2.52. The molecule has 1 N–H and O–H groups in total. The first-order chi connectivity index (χ1) is 10.4. The van der Waals surface area contributed by atoms with Crippen LogP contribution in [0.25, 0.3) is 0 Å². The van der Waals surface area contributed by atoms with Crippen LogP contribution in [0.2, 0.25) is 0 Å². The highest BCUT2D eigenvalue weighted by Crippen LogP contribution is 2.35. The molecule has 1 aliphatic heterocycles. The van der Waals surface area contributed by atoms with Crippen LogP contribution >= 0.6 is 0 Å². The molecule has 0 spiro atoms. The van der Waals surface area contributed by atoms with Crippen molar-refractivity contribution in [3.63, 3.8) is 0 Å². The van der Waals surface area contributed by atoms with E-state index < -0.39 is 5.60 Å². The molecule has 0 bridgehead atoms. The summed E-state index contributed by atoms with van der Waals surface area (Å²) in [5.41, 5.74) is -0.421. The van der Waals surface area contributed by atoms with E-state index in [1.165, 1.54) is 25.7 Å². The maximum absolute atomic E-state index is 12.6. The van der Waals surface area contributed by atoms with Gasteiger partial charge in [0.05, 0.1) is 0 Å². The molecule has 1 saturated heterocycles. The van der Waals surface area contributed by atoms with Crippen LogP contribution in [0, 0.1) is 5.92 Å². The molecule has 3 atom stereocenters. The van der Waals surface area contributed by atoms with Crippen LogP contribution in [0.15, 0.2) is 12.7 Å². The van der Waals surface area contributed by atoms with Crippen LogP contribution in [0.4, 0.5) is 4.79 Å². The third-order valence-corrected chi connectivity index (χ3v) is 4.77. The molecule has 1 amide bonds. The van der Waals surface area contributed by atoms with E-state index in [0.717, 1.165) is 25.9 Å². The number of rotatable bonds is 4. The van der Waals surface area contributed by atoms with Gasteiger partial charge in [0.15, 0.2) is 0 Å². The summed E-state index contributed by atoms with van der Waals surface area (Å²) in [5, 5.41) is 3.59. The maximum Gasteiger partial charge on any atom is 0.410 e. The van der Waals surface area contributed by atoms with Gasteiger partial charge in [0, 0.05) is 25.2 Å². The van der Waals surface area contributed by atoms with E-state index in [4.69, 9.17) is 4.74 Å². The maximum atomic E-state index is 12.6. The number of nitrogens with one attached hydrogen (secondary N) is 1. The molecule has 2 fully saturated rings. The summed E-state index contributed by atoms with van der Waals surface area (Å²) in [6.07, 6.45) is 8.86. The SMILES string of the molecule is C=CCNC1CCCC1C1CCCCN1C(=O)OC(C)(C)C. The summed E-state index contributed by atoms with van der Waals surface area (Å²) < 4.78 is 5.63. The van der Waals surface area contributed by atoms with Gasteiger partial charge in [-0.2, -0.15) is 0 Å². The van der Waals surface area contributed by atoms with Crippen LogP contribution in [0.3, 0.4) is 0 Å². The smallest absolute Gasteiger partial charge is 0.410 e. The predicted molar refractivity (Wildman–Crippen MR) is 89.9 cm³/mol. The van der Waals surface area contributed by atoms with E-state index in [-0.39, 0.29) is 6.09 Å². The monoisotopic (exact) mass is 308 g/mol. The van der Waals surface area contributed by atoms with E-state index in [0.29, 0.717) is 18.0 Å². The second kappa shape index (κ2) is 7.49. The molecule has 2 aliphatic rings. The Balaban J connectivity index is 2.05. The summed E-state index contributed by atoms with van der Waals surface area (Å²) in [4.78, 5) is 14.6. The predicted octanol–water partition coefficient (Wildman–Crippen LogP) is 3.72. The van der Waals surface area contributed by atoms with Crippen molar-refractivity contribution in [3.8, 4) is 0 Å². The lowest BCUT2D eigenvalue weighted by Gasteiger charge is -2.41. The normalized spacial score (nSPS) is 29.4. The van der Waals surface area contributed by atoms with E-state index in [1.807, 2.05) is 31.7 Å². The van der Waals surface area contributed by atoms with Crippen LogP contribution in [0.5, 0.6) is 0 Å². The van der Waals surface area contributed by atoms with E-state index in [1.54, 1.807) is 0 Å². The fourth-order valence-corrected chi connectivity index (χ4v) is 3.89. The highest BCUT2D eigenvalue weighted by atomic mass is 16.6. The van der Waals surface area contributed by atoms with Gasteiger partial charge in [0.25, 0.3) is 0 Å². The van der Waals surface area contributed by atoms with Gasteiger partial charge in [-0.15, -0.1) is 6.58 Å². The van der Waals surface area contributed by atoms with E-state index >= 15 is 0 Å². The minimum absolute atomic E-state index is 0.133. The minimum atomic E-state index is -0.421.